The molecule has 1 unspecified atom stereocenters. The van der Waals surface area contributed by atoms with Crippen molar-refractivity contribution in [2.75, 3.05) is 13.2 Å². The predicted octanol–water partition coefficient (Wildman–Crippen LogP) is 23.6. The molecule has 0 saturated heterocycles. The van der Waals surface area contributed by atoms with Crippen LogP contribution in [0.3, 0.4) is 0 Å². The number of rotatable bonds is 64. The van der Waals surface area contributed by atoms with Crippen LogP contribution in [0.2, 0.25) is 0 Å². The molecular formula is C71H132O6. The zero-order valence-electron chi connectivity index (χ0n) is 52.0. The van der Waals surface area contributed by atoms with Crippen LogP contribution in [0.5, 0.6) is 0 Å². The van der Waals surface area contributed by atoms with Gasteiger partial charge in [0.15, 0.2) is 6.10 Å². The van der Waals surface area contributed by atoms with Crippen molar-refractivity contribution in [3.63, 3.8) is 0 Å². The summed E-state index contributed by atoms with van der Waals surface area (Å²) < 4.78 is 16.8. The van der Waals surface area contributed by atoms with Gasteiger partial charge in [0.25, 0.3) is 0 Å². The molecule has 0 spiro atoms. The Balaban J connectivity index is 3.87. The normalized spacial score (nSPS) is 12.2. The minimum Gasteiger partial charge on any atom is -0.462 e. The van der Waals surface area contributed by atoms with Gasteiger partial charge >= 0.3 is 17.9 Å². The zero-order chi connectivity index (χ0) is 55.7. The van der Waals surface area contributed by atoms with E-state index in [1.807, 2.05) is 0 Å². The number of carbonyl (C=O) groups excluding carboxylic acids is 3. The maximum absolute atomic E-state index is 12.8. The molecule has 0 rings (SSSR count). The average Bonchev–Trinajstić information content (AvgIpc) is 3.43. The highest BCUT2D eigenvalue weighted by atomic mass is 16.6. The first kappa shape index (κ1) is 74.6. The fourth-order valence-corrected chi connectivity index (χ4v) is 10.4. The van der Waals surface area contributed by atoms with Gasteiger partial charge in [0.05, 0.1) is 0 Å². The monoisotopic (exact) mass is 1080 g/mol. The fourth-order valence-electron chi connectivity index (χ4n) is 10.4. The van der Waals surface area contributed by atoms with Crippen LogP contribution in [0.4, 0.5) is 0 Å². The standard InChI is InChI=1S/C71H132O6/c1-4-7-10-13-15-17-19-21-23-25-27-28-29-30-31-32-33-34-35-36-37-38-39-40-41-42-44-45-47-49-51-53-55-58-61-64-70(73)76-67-68(66-75-69(72)63-60-57-12-9-6-3)77-71(74)65-62-59-56-54-52-50-48-46-43-26-24-22-20-18-16-14-11-8-5-2/h19,21-22,24-25,27,68H,4-18,20,23,26,28-67H2,1-3H3/b21-19-,24-22-,27-25-. The Labute approximate surface area is 480 Å². The van der Waals surface area contributed by atoms with E-state index in [4.69, 9.17) is 14.2 Å². The second-order valence-electron chi connectivity index (χ2n) is 23.4. The van der Waals surface area contributed by atoms with Gasteiger partial charge in [0.1, 0.15) is 13.2 Å². The Morgan fingerprint density at radius 2 is 0.468 bits per heavy atom. The first-order chi connectivity index (χ1) is 38.0. The van der Waals surface area contributed by atoms with Gasteiger partial charge in [0, 0.05) is 19.3 Å². The quantitative estimate of drug-likeness (QED) is 0.0261. The Bertz CT molecular complexity index is 1290. The topological polar surface area (TPSA) is 78.9 Å². The predicted molar refractivity (Wildman–Crippen MR) is 335 cm³/mol. The van der Waals surface area contributed by atoms with Crippen LogP contribution < -0.4 is 0 Å². The van der Waals surface area contributed by atoms with E-state index in [2.05, 4.69) is 57.2 Å². The number of carbonyl (C=O) groups is 3. The summed E-state index contributed by atoms with van der Waals surface area (Å²) in [6.07, 6.45) is 82.4. The second-order valence-corrected chi connectivity index (χ2v) is 23.4. The van der Waals surface area contributed by atoms with Gasteiger partial charge in [-0.1, -0.05) is 320 Å². The lowest BCUT2D eigenvalue weighted by atomic mass is 10.0. The smallest absolute Gasteiger partial charge is 0.306 e. The minimum absolute atomic E-state index is 0.0681. The van der Waals surface area contributed by atoms with Crippen molar-refractivity contribution >= 4 is 17.9 Å². The highest BCUT2D eigenvalue weighted by molar-refractivity contribution is 5.71. The van der Waals surface area contributed by atoms with Crippen LogP contribution in [-0.4, -0.2) is 37.2 Å². The maximum atomic E-state index is 12.8. The summed E-state index contributed by atoms with van der Waals surface area (Å²) in [7, 11) is 0. The SMILES string of the molecule is CCCCCCC/C=C\C/C=C\CCCCCCCCCCCCCCCCCCCCCCCCCC(=O)OCC(COC(=O)CCCCCCC)OC(=O)CCCCCCCCCCC/C=C\CCCCCCCC. The molecule has 0 amide bonds. The molecule has 452 valence electrons. The van der Waals surface area contributed by atoms with E-state index in [1.165, 1.54) is 270 Å². The van der Waals surface area contributed by atoms with Crippen LogP contribution in [0.25, 0.3) is 0 Å². The number of unbranched alkanes of at least 4 members (excludes halogenated alkanes) is 47. The molecule has 0 aliphatic heterocycles. The lowest BCUT2D eigenvalue weighted by Gasteiger charge is -2.18. The summed E-state index contributed by atoms with van der Waals surface area (Å²) in [5, 5.41) is 0. The molecule has 77 heavy (non-hydrogen) atoms. The molecule has 0 heterocycles. The van der Waals surface area contributed by atoms with Crippen molar-refractivity contribution in [3.8, 4) is 0 Å². The van der Waals surface area contributed by atoms with Crippen LogP contribution in [0, 0.1) is 0 Å². The summed E-state index contributed by atoms with van der Waals surface area (Å²) in [5.41, 5.74) is 0. The molecule has 0 aromatic rings. The van der Waals surface area contributed by atoms with Gasteiger partial charge in [-0.15, -0.1) is 0 Å². The molecule has 0 aliphatic carbocycles. The third-order valence-corrected chi connectivity index (χ3v) is 15.6. The Morgan fingerprint density at radius 1 is 0.260 bits per heavy atom. The molecular weight excluding hydrogens is 949 g/mol. The number of ether oxygens (including phenoxy) is 3. The molecule has 0 fully saturated rings. The van der Waals surface area contributed by atoms with Crippen molar-refractivity contribution in [1.82, 2.24) is 0 Å². The maximum Gasteiger partial charge on any atom is 0.306 e. The van der Waals surface area contributed by atoms with Crippen molar-refractivity contribution < 1.29 is 28.6 Å². The average molecular weight is 1080 g/mol. The van der Waals surface area contributed by atoms with Crippen molar-refractivity contribution in [2.45, 2.75) is 386 Å². The second kappa shape index (κ2) is 66.1. The summed E-state index contributed by atoms with van der Waals surface area (Å²) in [4.78, 5) is 37.9. The van der Waals surface area contributed by atoms with Crippen molar-refractivity contribution in [2.24, 2.45) is 0 Å². The van der Waals surface area contributed by atoms with Crippen molar-refractivity contribution in [3.05, 3.63) is 36.5 Å². The lowest BCUT2D eigenvalue weighted by molar-refractivity contribution is -0.167. The highest BCUT2D eigenvalue weighted by Crippen LogP contribution is 2.18. The Kier molecular flexibility index (Phi) is 64.1. The largest absolute Gasteiger partial charge is 0.462 e. The zero-order valence-corrected chi connectivity index (χ0v) is 52.0. The van der Waals surface area contributed by atoms with Crippen LogP contribution in [0.1, 0.15) is 380 Å². The van der Waals surface area contributed by atoms with E-state index >= 15 is 0 Å². The number of hydrogen-bond donors (Lipinski definition) is 0. The molecule has 6 heteroatoms. The summed E-state index contributed by atoms with van der Waals surface area (Å²) >= 11 is 0. The number of allylic oxidation sites excluding steroid dienone is 6. The Morgan fingerprint density at radius 3 is 0.727 bits per heavy atom. The van der Waals surface area contributed by atoms with Gasteiger partial charge < -0.3 is 14.2 Å². The van der Waals surface area contributed by atoms with Crippen LogP contribution in [0.15, 0.2) is 36.5 Å². The molecule has 0 saturated carbocycles. The van der Waals surface area contributed by atoms with Gasteiger partial charge in [0.2, 0.25) is 0 Å². The van der Waals surface area contributed by atoms with E-state index in [9.17, 15) is 14.4 Å². The molecule has 0 radical (unpaired) electrons. The van der Waals surface area contributed by atoms with Gasteiger partial charge in [-0.2, -0.15) is 0 Å². The van der Waals surface area contributed by atoms with E-state index in [0.29, 0.717) is 19.3 Å². The molecule has 6 nitrogen and oxygen atoms in total. The Hall–Kier alpha value is -2.37. The minimum atomic E-state index is -0.767. The fraction of sp³-hybridized carbons (Fsp3) is 0.873. The van der Waals surface area contributed by atoms with E-state index in [-0.39, 0.29) is 31.1 Å². The molecule has 1 atom stereocenters. The van der Waals surface area contributed by atoms with E-state index < -0.39 is 6.10 Å². The van der Waals surface area contributed by atoms with Gasteiger partial charge in [-0.05, 0) is 77.0 Å². The number of esters is 3. The molecule has 0 aliphatic rings. The van der Waals surface area contributed by atoms with Gasteiger partial charge in [-0.3, -0.25) is 14.4 Å². The van der Waals surface area contributed by atoms with E-state index in [1.54, 1.807) is 0 Å². The summed E-state index contributed by atoms with van der Waals surface area (Å²) in [6, 6.07) is 0. The van der Waals surface area contributed by atoms with E-state index in [0.717, 1.165) is 70.6 Å². The first-order valence-electron chi connectivity index (χ1n) is 34.5. The van der Waals surface area contributed by atoms with Crippen LogP contribution >= 0.6 is 0 Å². The molecule has 0 aromatic heterocycles. The third kappa shape index (κ3) is 64.3. The molecule has 0 aromatic carbocycles. The number of hydrogen-bond acceptors (Lipinski definition) is 6. The molecule has 0 bridgehead atoms. The summed E-state index contributed by atoms with van der Waals surface area (Å²) in [6.45, 7) is 6.60. The lowest BCUT2D eigenvalue weighted by Crippen LogP contribution is -2.30. The third-order valence-electron chi connectivity index (χ3n) is 15.6. The molecule has 0 N–H and O–H groups in total. The summed E-state index contributed by atoms with van der Waals surface area (Å²) in [5.74, 6) is -0.862. The van der Waals surface area contributed by atoms with Crippen molar-refractivity contribution in [1.29, 1.82) is 0 Å². The van der Waals surface area contributed by atoms with Crippen LogP contribution in [-0.2, 0) is 28.6 Å². The first-order valence-corrected chi connectivity index (χ1v) is 34.5. The highest BCUT2D eigenvalue weighted by Gasteiger charge is 2.19. The van der Waals surface area contributed by atoms with Gasteiger partial charge in [-0.25, -0.2) is 0 Å².